The van der Waals surface area contributed by atoms with Crippen LogP contribution in [0.5, 0.6) is 0 Å². The van der Waals surface area contributed by atoms with E-state index in [1.54, 1.807) is 6.07 Å². The average molecular weight is 306 g/mol. The number of anilines is 1. The highest BCUT2D eigenvalue weighted by Crippen LogP contribution is 2.22. The largest absolute Gasteiger partial charge is 0.386 e. The van der Waals surface area contributed by atoms with Crippen molar-refractivity contribution in [2.45, 2.75) is 12.0 Å². The summed E-state index contributed by atoms with van der Waals surface area (Å²) < 4.78 is 5.22. The lowest BCUT2D eigenvalue weighted by atomic mass is 10.0. The van der Waals surface area contributed by atoms with Crippen LogP contribution in [0.1, 0.15) is 6.42 Å². The van der Waals surface area contributed by atoms with Crippen molar-refractivity contribution in [1.29, 1.82) is 0 Å². The number of ether oxygens (including phenoxy) is 1. The molecule has 0 bridgehead atoms. The van der Waals surface area contributed by atoms with E-state index in [2.05, 4.69) is 15.3 Å². The topological polar surface area (TPSA) is 67.3 Å². The van der Waals surface area contributed by atoms with Gasteiger partial charge in [0.25, 0.3) is 0 Å². The maximum absolute atomic E-state index is 10.2. The standard InChI is InChI=1S/C15H16ClN3O2/c16-12-8-13(17-9-15(20)6-7-21-10-15)19-14(18-12)11-4-2-1-3-5-11/h1-5,8,20H,6-7,9-10H2,(H,17,18,19). The second-order valence-corrected chi connectivity index (χ2v) is 5.53. The van der Waals surface area contributed by atoms with Crippen molar-refractivity contribution in [2.75, 3.05) is 25.1 Å². The molecule has 0 radical (unpaired) electrons. The maximum Gasteiger partial charge on any atom is 0.163 e. The molecule has 0 aliphatic carbocycles. The number of rotatable bonds is 4. The van der Waals surface area contributed by atoms with Crippen LogP contribution in [0.3, 0.4) is 0 Å². The molecule has 1 aromatic heterocycles. The van der Waals surface area contributed by atoms with Crippen molar-refractivity contribution in [1.82, 2.24) is 9.97 Å². The first-order chi connectivity index (χ1) is 10.1. The molecule has 21 heavy (non-hydrogen) atoms. The van der Waals surface area contributed by atoms with Gasteiger partial charge in [0, 0.05) is 31.2 Å². The summed E-state index contributed by atoms with van der Waals surface area (Å²) in [6.07, 6.45) is 0.615. The summed E-state index contributed by atoms with van der Waals surface area (Å²) in [6.45, 7) is 1.29. The van der Waals surface area contributed by atoms with Crippen molar-refractivity contribution in [2.24, 2.45) is 0 Å². The van der Waals surface area contributed by atoms with Gasteiger partial charge in [-0.15, -0.1) is 0 Å². The van der Waals surface area contributed by atoms with Gasteiger partial charge in [0.2, 0.25) is 0 Å². The molecule has 1 aliphatic heterocycles. The Kier molecular flexibility index (Phi) is 4.05. The summed E-state index contributed by atoms with van der Waals surface area (Å²) >= 11 is 6.05. The molecule has 1 aromatic carbocycles. The number of benzene rings is 1. The minimum absolute atomic E-state index is 0.338. The van der Waals surface area contributed by atoms with E-state index in [4.69, 9.17) is 16.3 Å². The molecule has 0 spiro atoms. The second kappa shape index (κ2) is 5.97. The third-order valence-electron chi connectivity index (χ3n) is 3.41. The summed E-state index contributed by atoms with van der Waals surface area (Å²) in [4.78, 5) is 8.67. The van der Waals surface area contributed by atoms with Crippen LogP contribution in [0.25, 0.3) is 11.4 Å². The van der Waals surface area contributed by atoms with Crippen LogP contribution in [-0.4, -0.2) is 40.4 Å². The highest BCUT2D eigenvalue weighted by atomic mass is 35.5. The Morgan fingerprint density at radius 3 is 2.81 bits per heavy atom. The van der Waals surface area contributed by atoms with Gasteiger partial charge in [0.05, 0.1) is 6.61 Å². The summed E-state index contributed by atoms with van der Waals surface area (Å²) in [6, 6.07) is 11.3. The molecule has 3 rings (SSSR count). The Morgan fingerprint density at radius 2 is 2.10 bits per heavy atom. The first-order valence-corrected chi connectivity index (χ1v) is 7.16. The van der Waals surface area contributed by atoms with Gasteiger partial charge in [-0.2, -0.15) is 0 Å². The molecule has 1 saturated heterocycles. The molecule has 5 nitrogen and oxygen atoms in total. The highest BCUT2D eigenvalue weighted by Gasteiger charge is 2.32. The Balaban J connectivity index is 1.78. The predicted octanol–water partition coefficient (Wildman–Crippen LogP) is 2.36. The van der Waals surface area contributed by atoms with Crippen LogP contribution >= 0.6 is 11.6 Å². The molecule has 2 aromatic rings. The zero-order valence-electron chi connectivity index (χ0n) is 11.4. The first kappa shape index (κ1) is 14.3. The molecule has 6 heteroatoms. The van der Waals surface area contributed by atoms with Crippen molar-refractivity contribution in [3.63, 3.8) is 0 Å². The van der Waals surface area contributed by atoms with E-state index in [-0.39, 0.29) is 0 Å². The molecule has 1 atom stereocenters. The van der Waals surface area contributed by atoms with Crippen molar-refractivity contribution in [3.05, 3.63) is 41.6 Å². The monoisotopic (exact) mass is 305 g/mol. The number of hydrogen-bond acceptors (Lipinski definition) is 5. The van der Waals surface area contributed by atoms with E-state index in [0.717, 1.165) is 5.56 Å². The molecular formula is C15H16ClN3O2. The lowest BCUT2D eigenvalue weighted by Gasteiger charge is -2.21. The molecule has 1 unspecified atom stereocenters. The van der Waals surface area contributed by atoms with Crippen molar-refractivity contribution < 1.29 is 9.84 Å². The van der Waals surface area contributed by atoms with Crippen LogP contribution in [0.15, 0.2) is 36.4 Å². The summed E-state index contributed by atoms with van der Waals surface area (Å²) in [5, 5.41) is 13.7. The predicted molar refractivity (Wildman–Crippen MR) is 81.4 cm³/mol. The molecule has 2 heterocycles. The third kappa shape index (κ3) is 3.50. The molecular weight excluding hydrogens is 290 g/mol. The molecule has 1 fully saturated rings. The average Bonchev–Trinajstić information content (AvgIpc) is 2.93. The van der Waals surface area contributed by atoms with Gasteiger partial charge in [0.1, 0.15) is 16.6 Å². The van der Waals surface area contributed by atoms with E-state index in [9.17, 15) is 5.11 Å². The minimum atomic E-state index is -0.843. The van der Waals surface area contributed by atoms with Gasteiger partial charge in [-0.1, -0.05) is 41.9 Å². The minimum Gasteiger partial charge on any atom is -0.386 e. The van der Waals surface area contributed by atoms with Gasteiger partial charge < -0.3 is 15.2 Å². The Bertz CT molecular complexity index is 616. The van der Waals surface area contributed by atoms with Gasteiger partial charge in [-0.3, -0.25) is 0 Å². The van der Waals surface area contributed by atoms with Crippen molar-refractivity contribution in [3.8, 4) is 11.4 Å². The molecule has 0 amide bonds. The SMILES string of the molecule is OC1(CNc2cc(Cl)nc(-c3ccccc3)n2)CCOC1. The van der Waals surface area contributed by atoms with E-state index < -0.39 is 5.60 Å². The van der Waals surface area contributed by atoms with E-state index in [0.29, 0.717) is 43.0 Å². The fourth-order valence-corrected chi connectivity index (χ4v) is 2.40. The molecule has 110 valence electrons. The zero-order valence-corrected chi connectivity index (χ0v) is 12.2. The Labute approximate surface area is 128 Å². The summed E-state index contributed by atoms with van der Waals surface area (Å²) in [5.41, 5.74) is 0.0515. The maximum atomic E-state index is 10.2. The number of hydrogen-bond donors (Lipinski definition) is 2. The molecule has 1 aliphatic rings. The summed E-state index contributed by atoms with van der Waals surface area (Å²) in [5.74, 6) is 1.15. The van der Waals surface area contributed by atoms with Crippen LogP contribution in [0.2, 0.25) is 5.15 Å². The first-order valence-electron chi connectivity index (χ1n) is 6.79. The summed E-state index contributed by atoms with van der Waals surface area (Å²) in [7, 11) is 0. The van der Waals surface area contributed by atoms with Crippen LogP contribution in [0, 0.1) is 0 Å². The van der Waals surface area contributed by atoms with Gasteiger partial charge in [0.15, 0.2) is 5.82 Å². The molecule has 2 N–H and O–H groups in total. The number of nitrogens with one attached hydrogen (secondary N) is 1. The zero-order chi connectivity index (χ0) is 14.7. The fourth-order valence-electron chi connectivity index (χ4n) is 2.22. The lowest BCUT2D eigenvalue weighted by molar-refractivity contribution is 0.0381. The molecule has 0 saturated carbocycles. The normalized spacial score (nSPS) is 21.4. The fraction of sp³-hybridized carbons (Fsp3) is 0.333. The van der Waals surface area contributed by atoms with E-state index in [1.165, 1.54) is 0 Å². The van der Waals surface area contributed by atoms with E-state index >= 15 is 0 Å². The number of aromatic nitrogens is 2. The lowest BCUT2D eigenvalue weighted by Crippen LogP contribution is -2.37. The third-order valence-corrected chi connectivity index (χ3v) is 3.60. The number of halogens is 1. The van der Waals surface area contributed by atoms with Crippen LogP contribution in [-0.2, 0) is 4.74 Å². The van der Waals surface area contributed by atoms with Crippen molar-refractivity contribution >= 4 is 17.4 Å². The van der Waals surface area contributed by atoms with Gasteiger partial charge >= 0.3 is 0 Å². The van der Waals surface area contributed by atoms with Crippen LogP contribution in [0.4, 0.5) is 5.82 Å². The Morgan fingerprint density at radius 1 is 1.29 bits per heavy atom. The smallest absolute Gasteiger partial charge is 0.163 e. The highest BCUT2D eigenvalue weighted by molar-refractivity contribution is 6.29. The quantitative estimate of drug-likeness (QED) is 0.849. The number of aliphatic hydroxyl groups is 1. The van der Waals surface area contributed by atoms with E-state index in [1.807, 2.05) is 30.3 Å². The van der Waals surface area contributed by atoms with Gasteiger partial charge in [-0.05, 0) is 0 Å². The number of nitrogens with zero attached hydrogens (tertiary/aromatic N) is 2. The Hall–Kier alpha value is -1.69. The van der Waals surface area contributed by atoms with Gasteiger partial charge in [-0.25, -0.2) is 9.97 Å². The van der Waals surface area contributed by atoms with Crippen LogP contribution < -0.4 is 5.32 Å². The second-order valence-electron chi connectivity index (χ2n) is 5.15.